The van der Waals surface area contributed by atoms with Crippen molar-refractivity contribution in [3.8, 4) is 11.5 Å². The van der Waals surface area contributed by atoms with Gasteiger partial charge in [-0.1, -0.05) is 67.6 Å². The number of hydrogen-bond donors (Lipinski definition) is 2. The first-order valence-electron chi connectivity index (χ1n) is 20.4. The molecule has 0 saturated carbocycles. The Balaban J connectivity index is 0.826. The van der Waals surface area contributed by atoms with Crippen molar-refractivity contribution in [2.24, 2.45) is 0 Å². The first-order valence-corrected chi connectivity index (χ1v) is 21.4. The number of carbonyl (C=O) groups excluding carboxylic acids is 5. The van der Waals surface area contributed by atoms with Crippen LogP contribution in [0.4, 0.5) is 0 Å². The van der Waals surface area contributed by atoms with Crippen LogP contribution in [0.25, 0.3) is 11.1 Å². The van der Waals surface area contributed by atoms with Gasteiger partial charge in [0.15, 0.2) is 0 Å². The zero-order valence-electron chi connectivity index (χ0n) is 34.4. The molecule has 0 spiro atoms. The van der Waals surface area contributed by atoms with Gasteiger partial charge in [-0.3, -0.25) is 34.2 Å². The van der Waals surface area contributed by atoms with Crippen molar-refractivity contribution in [1.82, 2.24) is 15.1 Å². The summed E-state index contributed by atoms with van der Waals surface area (Å²) >= 11 is 1.38. The average Bonchev–Trinajstić information content (AvgIpc) is 3.52. The van der Waals surface area contributed by atoms with Crippen molar-refractivity contribution in [3.05, 3.63) is 125 Å². The zero-order valence-corrected chi connectivity index (χ0v) is 35.2. The molecule has 0 bridgehead atoms. The lowest BCUT2D eigenvalue weighted by molar-refractivity contribution is -0.136. The van der Waals surface area contributed by atoms with Crippen molar-refractivity contribution < 1.29 is 48.0 Å². The van der Waals surface area contributed by atoms with Gasteiger partial charge >= 0.3 is 0 Å². The van der Waals surface area contributed by atoms with Gasteiger partial charge in [-0.2, -0.15) is 0 Å². The second-order valence-corrected chi connectivity index (χ2v) is 15.5. The number of phenolic OH excluding ortho intramolecular Hbond substituents is 1. The van der Waals surface area contributed by atoms with Crippen LogP contribution in [-0.2, 0) is 28.6 Å². The van der Waals surface area contributed by atoms with E-state index in [0.717, 1.165) is 33.6 Å². The van der Waals surface area contributed by atoms with E-state index in [-0.39, 0.29) is 48.7 Å². The van der Waals surface area contributed by atoms with Gasteiger partial charge in [0.1, 0.15) is 24.1 Å². The van der Waals surface area contributed by atoms with E-state index in [9.17, 15) is 29.1 Å². The minimum atomic E-state index is -1.01. The maximum Gasteiger partial charge on any atom is 0.263 e. The molecule has 61 heavy (non-hydrogen) atoms. The lowest BCUT2D eigenvalue weighted by Crippen LogP contribution is -2.54. The van der Waals surface area contributed by atoms with Crippen LogP contribution in [0.15, 0.2) is 102 Å². The predicted octanol–water partition coefficient (Wildman–Crippen LogP) is 6.23. The summed E-state index contributed by atoms with van der Waals surface area (Å²) < 4.78 is 22.8. The number of imide groups is 2. The number of ether oxygens (including phenoxy) is 4. The van der Waals surface area contributed by atoms with Gasteiger partial charge in [-0.15, -0.1) is 11.8 Å². The third-order valence-corrected chi connectivity index (χ3v) is 11.3. The van der Waals surface area contributed by atoms with Crippen LogP contribution in [0, 0.1) is 0 Å². The lowest BCUT2D eigenvalue weighted by Gasteiger charge is -2.27. The number of benzene rings is 4. The molecule has 4 aromatic carbocycles. The van der Waals surface area contributed by atoms with Crippen LogP contribution in [0.2, 0.25) is 0 Å². The predicted molar refractivity (Wildman–Crippen MR) is 231 cm³/mol. The first kappa shape index (κ1) is 44.7. The van der Waals surface area contributed by atoms with E-state index in [1.807, 2.05) is 54.6 Å². The van der Waals surface area contributed by atoms with E-state index in [2.05, 4.69) is 24.4 Å². The molecule has 0 aromatic heterocycles. The number of hydrogen-bond acceptors (Lipinski definition) is 11. The summed E-state index contributed by atoms with van der Waals surface area (Å²) in [6.45, 7) is 4.95. The summed E-state index contributed by atoms with van der Waals surface area (Å²) in [6, 6.07) is 29.5. The molecular formula is C47H51N3O10S. The molecule has 13 nitrogen and oxygen atoms in total. The Bertz CT molecular complexity index is 2190. The third-order valence-electron chi connectivity index (χ3n) is 10.3. The van der Waals surface area contributed by atoms with Gasteiger partial charge < -0.3 is 29.0 Å². The van der Waals surface area contributed by atoms with Gasteiger partial charge in [0.25, 0.3) is 11.8 Å². The molecule has 320 valence electrons. The number of amides is 5. The Hall–Kier alpha value is -5.80. The standard InChI is InChI=1S/C47H51N3O10S/c1-3-37(32-8-5-4-6-9-32)43(33-12-16-35(51)17-13-33)34-14-18-36(19-15-34)60-25-23-49(2)42(53)22-24-57-26-27-58-28-29-59-30-31-61-40-11-7-10-38-44(40)47(56)50(46(38)55)39-20-21-41(52)48-45(39)54/h4-19,39,51H,3,20-31H2,1-2H3,(H,48,52,54). The highest BCUT2D eigenvalue weighted by molar-refractivity contribution is 7.99. The molecule has 2 heterocycles. The number of nitrogens with one attached hydrogen (secondary N) is 1. The minimum Gasteiger partial charge on any atom is -0.508 e. The zero-order chi connectivity index (χ0) is 43.1. The highest BCUT2D eigenvalue weighted by Crippen LogP contribution is 2.36. The Labute approximate surface area is 360 Å². The van der Waals surface area contributed by atoms with Crippen LogP contribution in [0.3, 0.4) is 0 Å². The van der Waals surface area contributed by atoms with Gasteiger partial charge in [-0.25, -0.2) is 0 Å². The molecule has 1 fully saturated rings. The first-order chi connectivity index (χ1) is 29.7. The second kappa shape index (κ2) is 22.2. The topological polar surface area (TPSA) is 161 Å². The Morgan fingerprint density at radius 1 is 0.770 bits per heavy atom. The van der Waals surface area contributed by atoms with Crippen LogP contribution >= 0.6 is 11.8 Å². The Kier molecular flexibility index (Phi) is 16.3. The highest BCUT2D eigenvalue weighted by atomic mass is 32.2. The van der Waals surface area contributed by atoms with Gasteiger partial charge in [-0.05, 0) is 77.1 Å². The van der Waals surface area contributed by atoms with Crippen LogP contribution in [0.5, 0.6) is 11.5 Å². The fraction of sp³-hybridized carbons (Fsp3) is 0.340. The fourth-order valence-corrected chi connectivity index (χ4v) is 8.10. The number of phenols is 1. The van der Waals surface area contributed by atoms with Crippen LogP contribution < -0.4 is 10.1 Å². The van der Waals surface area contributed by atoms with Gasteiger partial charge in [0, 0.05) is 24.1 Å². The monoisotopic (exact) mass is 849 g/mol. The maximum absolute atomic E-state index is 13.2. The van der Waals surface area contributed by atoms with E-state index in [1.54, 1.807) is 42.3 Å². The molecule has 6 rings (SSSR count). The smallest absolute Gasteiger partial charge is 0.263 e. The molecule has 0 aliphatic carbocycles. The molecule has 1 saturated heterocycles. The number of rotatable bonds is 22. The van der Waals surface area contributed by atoms with Gasteiger partial charge in [0.2, 0.25) is 17.7 Å². The van der Waals surface area contributed by atoms with E-state index in [4.69, 9.17) is 18.9 Å². The van der Waals surface area contributed by atoms with E-state index < -0.39 is 29.7 Å². The molecule has 2 aliphatic heterocycles. The van der Waals surface area contributed by atoms with Crippen molar-refractivity contribution in [1.29, 1.82) is 0 Å². The summed E-state index contributed by atoms with van der Waals surface area (Å²) in [4.78, 5) is 66.1. The number of carbonyl (C=O) groups is 5. The van der Waals surface area contributed by atoms with E-state index >= 15 is 0 Å². The summed E-state index contributed by atoms with van der Waals surface area (Å²) in [5.41, 5.74) is 6.00. The van der Waals surface area contributed by atoms with Crippen molar-refractivity contribution in [2.75, 3.05) is 65.6 Å². The number of allylic oxidation sites excluding steroid dienone is 1. The third kappa shape index (κ3) is 11.7. The van der Waals surface area contributed by atoms with Crippen LogP contribution in [-0.4, -0.2) is 116 Å². The number of piperidine rings is 1. The quantitative estimate of drug-likeness (QED) is 0.0399. The number of likely N-dealkylation sites (N-methyl/N-ethyl adjacent to an activating group) is 1. The Morgan fingerprint density at radius 3 is 2.10 bits per heavy atom. The molecule has 0 radical (unpaired) electrons. The number of thioether (sulfide) groups is 1. The van der Waals surface area contributed by atoms with E-state index in [1.165, 1.54) is 17.3 Å². The van der Waals surface area contributed by atoms with Crippen molar-refractivity contribution in [2.45, 2.75) is 43.5 Å². The van der Waals surface area contributed by atoms with Crippen molar-refractivity contribution >= 4 is 52.4 Å². The molecule has 14 heteroatoms. The minimum absolute atomic E-state index is 0.0501. The van der Waals surface area contributed by atoms with E-state index in [0.29, 0.717) is 62.6 Å². The van der Waals surface area contributed by atoms with Crippen LogP contribution in [0.1, 0.15) is 70.0 Å². The molecule has 2 N–H and O–H groups in total. The molecule has 1 atom stereocenters. The maximum atomic E-state index is 13.2. The summed E-state index contributed by atoms with van der Waals surface area (Å²) in [7, 11) is 1.74. The summed E-state index contributed by atoms with van der Waals surface area (Å²) in [5.74, 6) is -0.725. The van der Waals surface area contributed by atoms with Crippen molar-refractivity contribution in [3.63, 3.8) is 0 Å². The fourth-order valence-electron chi connectivity index (χ4n) is 7.16. The average molecular weight is 850 g/mol. The molecule has 2 aliphatic rings. The number of nitrogens with zero attached hydrogens (tertiary/aromatic N) is 2. The number of aromatic hydroxyl groups is 1. The Morgan fingerprint density at radius 2 is 1.43 bits per heavy atom. The molecular weight excluding hydrogens is 799 g/mol. The summed E-state index contributed by atoms with van der Waals surface area (Å²) in [5, 5.41) is 12.1. The number of fused-ring (bicyclic) bond motifs is 1. The second-order valence-electron chi connectivity index (χ2n) is 14.4. The molecule has 5 amide bonds. The lowest BCUT2D eigenvalue weighted by atomic mass is 9.88. The summed E-state index contributed by atoms with van der Waals surface area (Å²) in [6.07, 6.45) is 1.23. The molecule has 1 unspecified atom stereocenters. The SMILES string of the molecule is CCC(=C(c1ccc(O)cc1)c1ccc(OCCN(C)C(=O)CCOCCOCCOCCSc2cccc3c2C(=O)N(C2CCC(=O)NC2=O)C3=O)cc1)c1ccccc1. The normalized spacial score (nSPS) is 15.4. The van der Waals surface area contributed by atoms with Gasteiger partial charge in [0.05, 0.1) is 63.7 Å². The molecule has 4 aromatic rings. The largest absolute Gasteiger partial charge is 0.508 e. The highest BCUT2D eigenvalue weighted by Gasteiger charge is 2.45.